The van der Waals surface area contributed by atoms with E-state index in [1.807, 2.05) is 11.7 Å². The van der Waals surface area contributed by atoms with Crippen molar-refractivity contribution in [2.45, 2.75) is 32.1 Å². The van der Waals surface area contributed by atoms with Gasteiger partial charge in [-0.2, -0.15) is 5.10 Å². The van der Waals surface area contributed by atoms with Crippen LogP contribution in [-0.2, 0) is 11.8 Å². The first-order valence-electron chi connectivity index (χ1n) is 5.28. The highest BCUT2D eigenvalue weighted by atomic mass is 79.9. The molecule has 1 aliphatic rings. The van der Waals surface area contributed by atoms with Crippen LogP contribution in [0.15, 0.2) is 10.7 Å². The predicted molar refractivity (Wildman–Crippen MR) is 61.7 cm³/mol. The summed E-state index contributed by atoms with van der Waals surface area (Å²) in [4.78, 5) is 11.5. The maximum atomic E-state index is 11.5. The van der Waals surface area contributed by atoms with Gasteiger partial charge in [0.1, 0.15) is 5.78 Å². The maximum absolute atomic E-state index is 11.5. The second kappa shape index (κ2) is 4.08. The summed E-state index contributed by atoms with van der Waals surface area (Å²) in [6.07, 6.45) is 4.22. The largest absolute Gasteiger partial charge is 0.300 e. The molecule has 0 spiro atoms. The van der Waals surface area contributed by atoms with Crippen molar-refractivity contribution in [3.05, 3.63) is 16.4 Å². The standard InChI is InChI=1S/C11H15BrN2O/c1-7-3-4-8(15)5-9(7)11-10(12)6-13-14(11)2/h6-7,9H,3-5H2,1-2H3. The molecule has 1 aromatic rings. The van der Waals surface area contributed by atoms with Crippen LogP contribution in [0.25, 0.3) is 0 Å². The number of carbonyl (C=O) groups is 1. The summed E-state index contributed by atoms with van der Waals surface area (Å²) < 4.78 is 2.90. The molecule has 0 saturated heterocycles. The molecule has 0 aliphatic heterocycles. The van der Waals surface area contributed by atoms with Crippen molar-refractivity contribution in [2.24, 2.45) is 13.0 Å². The summed E-state index contributed by atoms with van der Waals surface area (Å²) in [5.74, 6) is 1.27. The van der Waals surface area contributed by atoms with Crippen LogP contribution in [0, 0.1) is 5.92 Å². The molecule has 1 saturated carbocycles. The van der Waals surface area contributed by atoms with E-state index in [1.54, 1.807) is 6.20 Å². The van der Waals surface area contributed by atoms with Gasteiger partial charge in [-0.05, 0) is 28.3 Å². The number of halogens is 1. The normalized spacial score (nSPS) is 27.0. The Labute approximate surface area is 98.0 Å². The Hall–Kier alpha value is -0.640. The Kier molecular flexibility index (Phi) is 2.96. The number of carbonyl (C=O) groups excluding carboxylic acids is 1. The molecule has 0 radical (unpaired) electrons. The molecule has 15 heavy (non-hydrogen) atoms. The van der Waals surface area contributed by atoms with Gasteiger partial charge in [0.05, 0.1) is 16.4 Å². The van der Waals surface area contributed by atoms with E-state index < -0.39 is 0 Å². The van der Waals surface area contributed by atoms with Crippen molar-refractivity contribution in [2.75, 3.05) is 0 Å². The lowest BCUT2D eigenvalue weighted by molar-refractivity contribution is -0.121. The van der Waals surface area contributed by atoms with Gasteiger partial charge >= 0.3 is 0 Å². The molecule has 0 N–H and O–H groups in total. The molecule has 1 heterocycles. The average Bonchev–Trinajstić information content (AvgIpc) is 2.51. The highest BCUT2D eigenvalue weighted by Crippen LogP contribution is 2.38. The number of nitrogens with zero attached hydrogens (tertiary/aromatic N) is 2. The molecule has 0 amide bonds. The van der Waals surface area contributed by atoms with Crippen LogP contribution in [0.1, 0.15) is 37.8 Å². The summed E-state index contributed by atoms with van der Waals surface area (Å²) in [6, 6.07) is 0. The zero-order chi connectivity index (χ0) is 11.0. The molecule has 1 fully saturated rings. The minimum absolute atomic E-state index is 0.327. The van der Waals surface area contributed by atoms with Gasteiger partial charge in [0.25, 0.3) is 0 Å². The van der Waals surface area contributed by atoms with Crippen LogP contribution >= 0.6 is 15.9 Å². The van der Waals surface area contributed by atoms with Gasteiger partial charge in [-0.15, -0.1) is 0 Å². The van der Waals surface area contributed by atoms with Gasteiger partial charge < -0.3 is 0 Å². The molecule has 4 heteroatoms. The molecule has 3 nitrogen and oxygen atoms in total. The van der Waals surface area contributed by atoms with Gasteiger partial charge in [-0.25, -0.2) is 0 Å². The van der Waals surface area contributed by atoms with Crippen molar-refractivity contribution in [3.63, 3.8) is 0 Å². The van der Waals surface area contributed by atoms with Crippen LogP contribution in [0.2, 0.25) is 0 Å². The van der Waals surface area contributed by atoms with Crippen LogP contribution < -0.4 is 0 Å². The van der Waals surface area contributed by atoms with Gasteiger partial charge in [0.2, 0.25) is 0 Å². The van der Waals surface area contributed by atoms with E-state index in [0.29, 0.717) is 24.0 Å². The van der Waals surface area contributed by atoms with E-state index in [0.717, 1.165) is 23.0 Å². The molecule has 82 valence electrons. The summed E-state index contributed by atoms with van der Waals surface area (Å²) in [5.41, 5.74) is 1.16. The van der Waals surface area contributed by atoms with Gasteiger partial charge in [0.15, 0.2) is 0 Å². The Morgan fingerprint density at radius 1 is 1.60 bits per heavy atom. The van der Waals surface area contributed by atoms with Gasteiger partial charge in [0, 0.05) is 25.8 Å². The third-order valence-electron chi connectivity index (χ3n) is 3.30. The van der Waals surface area contributed by atoms with E-state index in [9.17, 15) is 4.79 Å². The van der Waals surface area contributed by atoms with Crippen LogP contribution in [-0.4, -0.2) is 15.6 Å². The maximum Gasteiger partial charge on any atom is 0.133 e. The second-order valence-electron chi connectivity index (χ2n) is 4.37. The van der Waals surface area contributed by atoms with E-state index in [1.165, 1.54) is 0 Å². The molecule has 0 bridgehead atoms. The van der Waals surface area contributed by atoms with Crippen molar-refractivity contribution in [3.8, 4) is 0 Å². The molecule has 1 aromatic heterocycles. The number of ketones is 1. The highest BCUT2D eigenvalue weighted by Gasteiger charge is 2.30. The Morgan fingerprint density at radius 3 is 2.93 bits per heavy atom. The molecular weight excluding hydrogens is 256 g/mol. The van der Waals surface area contributed by atoms with E-state index >= 15 is 0 Å². The van der Waals surface area contributed by atoms with Gasteiger partial charge in [-0.1, -0.05) is 6.92 Å². The number of hydrogen-bond donors (Lipinski definition) is 0. The molecule has 2 unspecified atom stereocenters. The van der Waals surface area contributed by atoms with Crippen molar-refractivity contribution in [1.29, 1.82) is 0 Å². The number of Topliss-reactive ketones (excluding diaryl/α,β-unsaturated/α-hetero) is 1. The highest BCUT2D eigenvalue weighted by molar-refractivity contribution is 9.10. The lowest BCUT2D eigenvalue weighted by Crippen LogP contribution is -2.23. The second-order valence-corrected chi connectivity index (χ2v) is 5.22. The summed E-state index contributed by atoms with van der Waals surface area (Å²) in [7, 11) is 1.94. The van der Waals surface area contributed by atoms with Crippen LogP contribution in [0.5, 0.6) is 0 Å². The smallest absolute Gasteiger partial charge is 0.133 e. The first kappa shape index (κ1) is 10.9. The SMILES string of the molecule is CC1CCC(=O)CC1c1c(Br)cnn1C. The Bertz CT molecular complexity index is 366. The lowest BCUT2D eigenvalue weighted by atomic mass is 9.78. The van der Waals surface area contributed by atoms with Crippen molar-refractivity contribution >= 4 is 21.7 Å². The van der Waals surface area contributed by atoms with E-state index in [-0.39, 0.29) is 0 Å². The fraction of sp³-hybridized carbons (Fsp3) is 0.636. The molecule has 1 aliphatic carbocycles. The Morgan fingerprint density at radius 2 is 2.33 bits per heavy atom. The average molecular weight is 271 g/mol. The zero-order valence-corrected chi connectivity index (χ0v) is 10.6. The summed E-state index contributed by atoms with van der Waals surface area (Å²) in [6.45, 7) is 2.22. The van der Waals surface area contributed by atoms with Crippen molar-refractivity contribution in [1.82, 2.24) is 9.78 Å². The molecular formula is C11H15BrN2O. The van der Waals surface area contributed by atoms with E-state index in [4.69, 9.17) is 0 Å². The predicted octanol–water partition coefficient (Wildman–Crippen LogP) is 2.66. The number of hydrogen-bond acceptors (Lipinski definition) is 2. The number of aryl methyl sites for hydroxylation is 1. The lowest BCUT2D eigenvalue weighted by Gasteiger charge is -2.28. The quantitative estimate of drug-likeness (QED) is 0.787. The summed E-state index contributed by atoms with van der Waals surface area (Å²) >= 11 is 3.51. The molecule has 2 rings (SSSR count). The van der Waals surface area contributed by atoms with Crippen molar-refractivity contribution < 1.29 is 4.79 Å². The third-order valence-corrected chi connectivity index (χ3v) is 3.91. The van der Waals surface area contributed by atoms with E-state index in [2.05, 4.69) is 28.0 Å². The fourth-order valence-corrected chi connectivity index (χ4v) is 2.98. The number of aromatic nitrogens is 2. The zero-order valence-electron chi connectivity index (χ0n) is 9.03. The molecule has 0 aromatic carbocycles. The third kappa shape index (κ3) is 2.00. The molecule has 2 atom stereocenters. The first-order valence-corrected chi connectivity index (χ1v) is 6.08. The summed E-state index contributed by atoms with van der Waals surface area (Å²) in [5, 5.41) is 4.21. The topological polar surface area (TPSA) is 34.9 Å². The van der Waals surface area contributed by atoms with Crippen LogP contribution in [0.3, 0.4) is 0 Å². The van der Waals surface area contributed by atoms with Gasteiger partial charge in [-0.3, -0.25) is 9.48 Å². The monoisotopic (exact) mass is 270 g/mol. The minimum atomic E-state index is 0.327. The van der Waals surface area contributed by atoms with Crippen LogP contribution in [0.4, 0.5) is 0 Å². The number of rotatable bonds is 1. The Balaban J connectivity index is 2.32. The first-order chi connectivity index (χ1) is 7.09. The minimum Gasteiger partial charge on any atom is -0.300 e. The fourth-order valence-electron chi connectivity index (χ4n) is 2.34.